The summed E-state index contributed by atoms with van der Waals surface area (Å²) in [5.74, 6) is 0.0331. The highest BCUT2D eigenvalue weighted by atomic mass is 16.5. The third kappa shape index (κ3) is 16.5. The smallest absolute Gasteiger partial charge is 0.278 e. The van der Waals surface area contributed by atoms with Crippen molar-refractivity contribution in [2.75, 3.05) is 52.7 Å². The van der Waals surface area contributed by atoms with Crippen molar-refractivity contribution < 1.29 is 40.1 Å². The number of nitrogen functional groups attached to an aromatic ring is 3. The summed E-state index contributed by atoms with van der Waals surface area (Å²) in [6, 6.07) is 51.5. The summed E-state index contributed by atoms with van der Waals surface area (Å²) in [6.45, 7) is 1.77. The van der Waals surface area contributed by atoms with Gasteiger partial charge in [0.05, 0.1) is 84.9 Å². The van der Waals surface area contributed by atoms with Gasteiger partial charge in [-0.25, -0.2) is 34.9 Å². The van der Waals surface area contributed by atoms with Crippen LogP contribution < -0.4 is 47.9 Å². The topological polar surface area (TPSA) is 358 Å². The van der Waals surface area contributed by atoms with Gasteiger partial charge in [0.15, 0.2) is 34.5 Å². The van der Waals surface area contributed by atoms with Crippen LogP contribution in [-0.4, -0.2) is 92.9 Å². The molecule has 4 amide bonds. The number of hydrogen-bond donors (Lipinski definition) is 8. The van der Waals surface area contributed by atoms with Gasteiger partial charge in [-0.1, -0.05) is 103 Å². The van der Waals surface area contributed by atoms with Crippen LogP contribution in [0, 0.1) is 6.92 Å². The number of nitrogens with one attached hydrogen (secondary N) is 5. The van der Waals surface area contributed by atoms with E-state index in [0.717, 1.165) is 51.0 Å². The Morgan fingerprint density at radius 3 is 1.53 bits per heavy atom. The Bertz CT molecular complexity index is 4750. The number of pyridine rings is 1. The molecule has 6 aromatic heterocycles. The van der Waals surface area contributed by atoms with Gasteiger partial charge >= 0.3 is 0 Å². The number of allylic oxidation sites excluding steroid dienone is 4. The molecule has 12 aromatic rings. The number of methoxy groups -OCH3 is 2. The van der Waals surface area contributed by atoms with E-state index in [-0.39, 0.29) is 51.9 Å². The molecule has 0 unspecified atom stereocenters. The Hall–Kier alpha value is -13.4. The molecule has 24 nitrogen and oxygen atoms in total. The van der Waals surface area contributed by atoms with Gasteiger partial charge in [-0.15, -0.1) is 0 Å². The molecule has 0 fully saturated rings. The lowest BCUT2D eigenvalue weighted by molar-refractivity contribution is 0.101. The summed E-state index contributed by atoms with van der Waals surface area (Å²) in [5.41, 5.74) is 27.8. The van der Waals surface area contributed by atoms with Crippen LogP contribution in [-0.2, 0) is 0 Å². The molecule has 13 rings (SSSR count). The minimum atomic E-state index is -0.427. The van der Waals surface area contributed by atoms with Crippen LogP contribution in [0.4, 0.5) is 40.2 Å². The first kappa shape index (κ1) is 63.6. The molecule has 1 aliphatic rings. The van der Waals surface area contributed by atoms with E-state index in [1.807, 2.05) is 140 Å². The van der Waals surface area contributed by atoms with Crippen molar-refractivity contribution in [3.05, 3.63) is 266 Å². The van der Waals surface area contributed by atoms with Crippen molar-refractivity contribution in [1.29, 1.82) is 0 Å². The molecule has 0 saturated heterocycles. The number of nitrogens with zero attached hydrogens (tertiary/aromatic N) is 10. The first-order valence-corrected chi connectivity index (χ1v) is 28.9. The maximum atomic E-state index is 12.5. The number of hydrogen-bond acceptors (Lipinski definition) is 19. The number of carbonyl (C=O) groups excluding carboxylic acids is 4. The van der Waals surface area contributed by atoms with Gasteiger partial charge in [0, 0.05) is 62.9 Å². The minimum Gasteiger partial charge on any atom is -0.497 e. The Kier molecular flexibility index (Phi) is 20.8. The van der Waals surface area contributed by atoms with Crippen molar-refractivity contribution in [3.63, 3.8) is 0 Å². The van der Waals surface area contributed by atoms with Crippen molar-refractivity contribution >= 4 is 80.3 Å². The zero-order valence-electron chi connectivity index (χ0n) is 50.8. The van der Waals surface area contributed by atoms with Crippen LogP contribution in [0.15, 0.2) is 231 Å². The molecule has 0 saturated carbocycles. The van der Waals surface area contributed by atoms with Gasteiger partial charge in [0.2, 0.25) is 0 Å². The summed E-state index contributed by atoms with van der Waals surface area (Å²) < 4.78 is 10.4. The van der Waals surface area contributed by atoms with Crippen LogP contribution in [0.2, 0.25) is 0 Å². The highest BCUT2D eigenvalue weighted by Gasteiger charge is 2.20. The predicted molar refractivity (Wildman–Crippen MR) is 379 cm³/mol. The highest BCUT2D eigenvalue weighted by Crippen LogP contribution is 2.28. The number of aromatic amines is 1. The highest BCUT2D eigenvalue weighted by molar-refractivity contribution is 6.08. The van der Waals surface area contributed by atoms with Gasteiger partial charge in [-0.05, 0) is 104 Å². The number of anilines is 7. The average Bonchev–Trinajstić information content (AvgIpc) is 1.32. The first-order valence-electron chi connectivity index (χ1n) is 28.9. The number of carbonyl (C=O) groups is 4. The number of para-hydroxylation sites is 5. The van der Waals surface area contributed by atoms with Crippen LogP contribution in [0.5, 0.6) is 11.5 Å². The second-order valence-electron chi connectivity index (χ2n) is 20.2. The summed E-state index contributed by atoms with van der Waals surface area (Å²) in [6.07, 6.45) is 18.2. The van der Waals surface area contributed by atoms with Gasteiger partial charge < -0.3 is 47.9 Å². The number of H-pyrrole nitrogens is 1. The molecular weight excluding hydrogens is 1190 g/mol. The van der Waals surface area contributed by atoms with Crippen LogP contribution >= 0.6 is 0 Å². The van der Waals surface area contributed by atoms with Crippen molar-refractivity contribution in [3.8, 4) is 45.3 Å². The predicted octanol–water partition coefficient (Wildman–Crippen LogP) is 13.6. The quantitative estimate of drug-likeness (QED) is 0.0501. The lowest BCUT2D eigenvalue weighted by atomic mass is 10.1. The van der Waals surface area contributed by atoms with E-state index >= 15 is 0 Å². The van der Waals surface area contributed by atoms with Gasteiger partial charge in [0.25, 0.3) is 23.6 Å². The Balaban J connectivity index is 0.000000451. The normalized spacial score (nSPS) is 11.0. The molecule has 1 aliphatic carbocycles. The lowest BCUT2D eigenvalue weighted by Crippen LogP contribution is -2.18. The molecular formula is C70H76N18O6. The van der Waals surface area contributed by atoms with Crippen molar-refractivity contribution in [1.82, 2.24) is 55.1 Å². The SMILES string of the molecule is COc1cccc(-c2cnc(C)c(C(=O)Nc3ccccc3)n2)c1.COc1ccccc1NC(=O)c1nc(C2=CCC=C2)cnc1N.Nc1ncc(-c2ccc3[nH]ncc3c2)nc1C(=O)Nc1ccccc1.Nc1ncc(-c2cccnc2)nc1C(=O)Nc1ccccc1.[HH].[HH].[HH].[HH].[HH].[HH].[HH].[HH]. The van der Waals surface area contributed by atoms with Crippen LogP contribution in [0.3, 0.4) is 0 Å². The molecule has 24 heteroatoms. The molecule has 0 spiro atoms. The third-order valence-corrected chi connectivity index (χ3v) is 13.8. The van der Waals surface area contributed by atoms with Gasteiger partial charge in [-0.3, -0.25) is 34.2 Å². The number of aromatic nitrogens is 11. The maximum Gasteiger partial charge on any atom is 0.278 e. The molecule has 11 N–H and O–H groups in total. The summed E-state index contributed by atoms with van der Waals surface area (Å²) in [4.78, 5) is 87.9. The second-order valence-corrected chi connectivity index (χ2v) is 20.2. The summed E-state index contributed by atoms with van der Waals surface area (Å²) in [7, 11) is 3.15. The summed E-state index contributed by atoms with van der Waals surface area (Å²) in [5, 5.41) is 18.9. The molecule has 6 aromatic carbocycles. The number of benzene rings is 6. The number of rotatable bonds is 14. The fourth-order valence-electron chi connectivity index (χ4n) is 9.03. The Morgan fingerprint density at radius 1 is 0.479 bits per heavy atom. The average molecular weight is 1270 g/mol. The second kappa shape index (κ2) is 30.7. The van der Waals surface area contributed by atoms with Gasteiger partial charge in [-0.2, -0.15) is 5.10 Å². The largest absolute Gasteiger partial charge is 0.497 e. The van der Waals surface area contributed by atoms with Crippen LogP contribution in [0.1, 0.15) is 71.2 Å². The zero-order valence-corrected chi connectivity index (χ0v) is 50.8. The van der Waals surface area contributed by atoms with E-state index < -0.39 is 17.7 Å². The zero-order chi connectivity index (χ0) is 65.8. The maximum absolute atomic E-state index is 12.5. The molecule has 0 radical (unpaired) electrons. The Morgan fingerprint density at radius 2 is 0.979 bits per heavy atom. The van der Waals surface area contributed by atoms with Crippen LogP contribution in [0.25, 0.3) is 50.2 Å². The third-order valence-electron chi connectivity index (χ3n) is 13.8. The number of fused-ring (bicyclic) bond motifs is 1. The lowest BCUT2D eigenvalue weighted by Gasteiger charge is -2.11. The van der Waals surface area contributed by atoms with Crippen molar-refractivity contribution in [2.24, 2.45) is 0 Å². The number of ether oxygens (including phenoxy) is 2. The number of nitrogens with two attached hydrogens (primary N) is 3. The molecule has 94 heavy (non-hydrogen) atoms. The fourth-order valence-corrected chi connectivity index (χ4v) is 9.03. The van der Waals surface area contributed by atoms with E-state index in [9.17, 15) is 19.2 Å². The molecule has 6 heterocycles. The standard InChI is InChI=1S/C19H17N3O2.C18H14N6O.C17H16N4O2.C16H13N5O.8H2/c1-13-18(19(23)21-15-8-4-3-5-9-15)22-17(12-20-13)14-7-6-10-16(11-14)24-2;19-17-16(18(25)22-13-4-2-1-3-5-13)23-15(10-20-17)11-6-7-14-12(8-11)9-21-24-14;1-23-14-9-5-4-8-12(14)21-17(22)15-16(18)19-10-13(20-15)11-6-2-3-7-11;17-15-14(16(22)20-12-6-2-1-3-7-12)21-13(10-19-15)11-5-4-8-18-9-11;;;;;;;;/h3-12H,1-2H3,(H,21,23);1-10H,(H2,19,20)(H,21,24)(H,22,25);2,4-10H,3H2,1H3,(H2,18,19)(H,21,22);1-10H,(H2,17,19)(H,20,22);8*1H. The number of aryl methyl sites for hydroxylation is 1. The monoisotopic (exact) mass is 1260 g/mol. The van der Waals surface area contributed by atoms with E-state index in [0.29, 0.717) is 57.0 Å². The number of amides is 4. The molecule has 0 atom stereocenters. The van der Waals surface area contributed by atoms with E-state index in [4.69, 9.17) is 26.7 Å². The van der Waals surface area contributed by atoms with Crippen molar-refractivity contribution in [2.45, 2.75) is 13.3 Å². The van der Waals surface area contributed by atoms with E-state index in [1.165, 1.54) is 6.20 Å². The molecule has 482 valence electrons. The first-order chi connectivity index (χ1) is 45.8. The van der Waals surface area contributed by atoms with E-state index in [1.54, 1.807) is 107 Å². The Labute approximate surface area is 550 Å². The molecule has 0 aliphatic heterocycles. The van der Waals surface area contributed by atoms with Gasteiger partial charge in [0.1, 0.15) is 17.2 Å². The molecule has 0 bridgehead atoms. The van der Waals surface area contributed by atoms with E-state index in [2.05, 4.69) is 76.3 Å². The summed E-state index contributed by atoms with van der Waals surface area (Å²) >= 11 is 0. The minimum absolute atomic E-state index is 0. The fraction of sp³-hybridized carbons (Fsp3) is 0.0571.